The summed E-state index contributed by atoms with van der Waals surface area (Å²) in [6.45, 7) is 7.87. The highest BCUT2D eigenvalue weighted by molar-refractivity contribution is 5.08. The highest BCUT2D eigenvalue weighted by Gasteiger charge is 2.11. The van der Waals surface area contributed by atoms with Crippen molar-refractivity contribution in [1.29, 1.82) is 0 Å². The lowest BCUT2D eigenvalue weighted by Gasteiger charge is -2.21. The number of aryl methyl sites for hydroxylation is 1. The molecular formula is C15H26N2. The fourth-order valence-corrected chi connectivity index (χ4v) is 2.13. The van der Waals surface area contributed by atoms with Crippen molar-refractivity contribution < 1.29 is 0 Å². The molecule has 96 valence electrons. The zero-order valence-electron chi connectivity index (χ0n) is 11.4. The number of hydrogen-bond donors (Lipinski definition) is 1. The first-order valence-corrected chi connectivity index (χ1v) is 6.88. The molecular weight excluding hydrogens is 208 g/mol. The second kappa shape index (κ2) is 8.24. The molecule has 1 heterocycles. The monoisotopic (exact) mass is 234 g/mol. The summed E-state index contributed by atoms with van der Waals surface area (Å²) >= 11 is 0. The molecule has 0 fully saturated rings. The maximum Gasteiger partial charge on any atom is 0.0299 e. The maximum absolute atomic E-state index is 4.17. The van der Waals surface area contributed by atoms with E-state index in [2.05, 4.69) is 37.1 Å². The van der Waals surface area contributed by atoms with E-state index in [9.17, 15) is 0 Å². The Morgan fingerprint density at radius 2 is 2.18 bits per heavy atom. The van der Waals surface area contributed by atoms with Gasteiger partial charge in [0.1, 0.15) is 0 Å². The molecule has 2 nitrogen and oxygen atoms in total. The lowest BCUT2D eigenvalue weighted by molar-refractivity contribution is 0.382. The summed E-state index contributed by atoms with van der Waals surface area (Å²) in [5.74, 6) is 0.813. The molecule has 2 atom stereocenters. The Morgan fingerprint density at radius 3 is 2.76 bits per heavy atom. The van der Waals surface area contributed by atoms with Gasteiger partial charge in [-0.2, -0.15) is 0 Å². The zero-order valence-corrected chi connectivity index (χ0v) is 11.4. The summed E-state index contributed by atoms with van der Waals surface area (Å²) in [7, 11) is 0. The third-order valence-electron chi connectivity index (χ3n) is 3.38. The van der Waals surface area contributed by atoms with Gasteiger partial charge in [0, 0.05) is 18.4 Å². The number of nitrogens with zero attached hydrogens (tertiary/aromatic N) is 1. The molecule has 0 aliphatic rings. The van der Waals surface area contributed by atoms with Crippen LogP contribution in [0.4, 0.5) is 0 Å². The Hall–Kier alpha value is -0.890. The zero-order chi connectivity index (χ0) is 12.5. The smallest absolute Gasteiger partial charge is 0.0299 e. The van der Waals surface area contributed by atoms with Gasteiger partial charge in [-0.15, -0.1) is 0 Å². The van der Waals surface area contributed by atoms with Crippen LogP contribution < -0.4 is 5.32 Å². The van der Waals surface area contributed by atoms with Crippen molar-refractivity contribution >= 4 is 0 Å². The van der Waals surface area contributed by atoms with Gasteiger partial charge in [0.2, 0.25) is 0 Å². The first-order chi connectivity index (χ1) is 8.26. The first-order valence-electron chi connectivity index (χ1n) is 6.88. The minimum atomic E-state index is 0.648. The lowest BCUT2D eigenvalue weighted by atomic mass is 9.95. The van der Waals surface area contributed by atoms with Gasteiger partial charge in [0.25, 0.3) is 0 Å². The Morgan fingerprint density at radius 1 is 1.35 bits per heavy atom. The van der Waals surface area contributed by atoms with Gasteiger partial charge < -0.3 is 5.32 Å². The second-order valence-electron chi connectivity index (χ2n) is 4.90. The van der Waals surface area contributed by atoms with Crippen LogP contribution in [0.1, 0.15) is 45.6 Å². The molecule has 0 amide bonds. The molecule has 0 saturated heterocycles. The van der Waals surface area contributed by atoms with Crippen LogP contribution in [-0.2, 0) is 6.42 Å². The largest absolute Gasteiger partial charge is 0.314 e. The lowest BCUT2D eigenvalue weighted by Crippen LogP contribution is -2.31. The molecule has 0 bridgehead atoms. The summed E-state index contributed by atoms with van der Waals surface area (Å²) < 4.78 is 0. The summed E-state index contributed by atoms with van der Waals surface area (Å²) in [5, 5.41) is 3.60. The van der Waals surface area contributed by atoms with Crippen LogP contribution in [0.2, 0.25) is 0 Å². The summed E-state index contributed by atoms with van der Waals surface area (Å²) in [5.41, 5.74) is 1.35. The van der Waals surface area contributed by atoms with E-state index in [-0.39, 0.29) is 0 Å². The van der Waals surface area contributed by atoms with Crippen LogP contribution >= 0.6 is 0 Å². The van der Waals surface area contributed by atoms with Crippen LogP contribution in [0.5, 0.6) is 0 Å². The third kappa shape index (κ3) is 5.83. The van der Waals surface area contributed by atoms with Crippen molar-refractivity contribution in [2.45, 2.75) is 52.5 Å². The van der Waals surface area contributed by atoms with Crippen LogP contribution in [0.25, 0.3) is 0 Å². The predicted octanol–water partition coefficient (Wildman–Crippen LogP) is 3.43. The third-order valence-corrected chi connectivity index (χ3v) is 3.38. The molecule has 1 aromatic rings. The van der Waals surface area contributed by atoms with Crippen molar-refractivity contribution in [1.82, 2.24) is 10.3 Å². The predicted molar refractivity (Wildman–Crippen MR) is 74.1 cm³/mol. The summed E-state index contributed by atoms with van der Waals surface area (Å²) in [6.07, 6.45) is 8.71. The average molecular weight is 234 g/mol. The Kier molecular flexibility index (Phi) is 6.87. The Bertz CT molecular complexity index is 284. The normalized spacial score (nSPS) is 14.5. The minimum absolute atomic E-state index is 0.648. The van der Waals surface area contributed by atoms with Crippen LogP contribution in [0.15, 0.2) is 24.5 Å². The minimum Gasteiger partial charge on any atom is -0.314 e. The topological polar surface area (TPSA) is 24.9 Å². The summed E-state index contributed by atoms with van der Waals surface area (Å²) in [4.78, 5) is 4.17. The fourth-order valence-electron chi connectivity index (χ4n) is 2.13. The molecule has 0 aromatic carbocycles. The molecule has 0 radical (unpaired) electrons. The molecule has 1 rings (SSSR count). The van der Waals surface area contributed by atoms with E-state index in [1.54, 1.807) is 0 Å². The van der Waals surface area contributed by atoms with E-state index in [0.717, 1.165) is 18.9 Å². The van der Waals surface area contributed by atoms with Gasteiger partial charge in [0.15, 0.2) is 0 Å². The van der Waals surface area contributed by atoms with Gasteiger partial charge in [-0.05, 0) is 43.4 Å². The Balaban J connectivity index is 2.38. The molecule has 17 heavy (non-hydrogen) atoms. The highest BCUT2D eigenvalue weighted by atomic mass is 14.9. The summed E-state index contributed by atoms with van der Waals surface area (Å²) in [6, 6.07) is 4.83. The molecule has 0 aliphatic heterocycles. The van der Waals surface area contributed by atoms with Gasteiger partial charge in [-0.3, -0.25) is 4.98 Å². The standard InChI is InChI=1S/C15H26N2/c1-4-13(3)11-15(17-5-2)9-8-14-7-6-10-16-12-14/h6-7,10,12-13,15,17H,4-5,8-9,11H2,1-3H3. The quantitative estimate of drug-likeness (QED) is 0.745. The molecule has 0 spiro atoms. The van der Waals surface area contributed by atoms with E-state index in [4.69, 9.17) is 0 Å². The molecule has 2 heteroatoms. The molecule has 1 N–H and O–H groups in total. The maximum atomic E-state index is 4.17. The Labute approximate surface area is 106 Å². The highest BCUT2D eigenvalue weighted by Crippen LogP contribution is 2.14. The van der Waals surface area contributed by atoms with Gasteiger partial charge in [0.05, 0.1) is 0 Å². The van der Waals surface area contributed by atoms with E-state index in [1.165, 1.54) is 24.8 Å². The van der Waals surface area contributed by atoms with Crippen molar-refractivity contribution in [3.63, 3.8) is 0 Å². The van der Waals surface area contributed by atoms with Crippen LogP contribution in [0.3, 0.4) is 0 Å². The van der Waals surface area contributed by atoms with E-state index in [1.807, 2.05) is 18.5 Å². The fraction of sp³-hybridized carbons (Fsp3) is 0.667. The molecule has 1 aromatic heterocycles. The number of hydrogen-bond acceptors (Lipinski definition) is 2. The number of pyridine rings is 1. The average Bonchev–Trinajstić information content (AvgIpc) is 2.37. The van der Waals surface area contributed by atoms with Crippen molar-refractivity contribution in [2.24, 2.45) is 5.92 Å². The first kappa shape index (κ1) is 14.2. The number of aromatic nitrogens is 1. The van der Waals surface area contributed by atoms with Crippen LogP contribution in [-0.4, -0.2) is 17.6 Å². The van der Waals surface area contributed by atoms with E-state index < -0.39 is 0 Å². The van der Waals surface area contributed by atoms with Gasteiger partial charge in [-0.1, -0.05) is 33.3 Å². The molecule has 0 saturated carbocycles. The van der Waals surface area contributed by atoms with Gasteiger partial charge >= 0.3 is 0 Å². The van der Waals surface area contributed by atoms with Gasteiger partial charge in [-0.25, -0.2) is 0 Å². The second-order valence-corrected chi connectivity index (χ2v) is 4.90. The van der Waals surface area contributed by atoms with Crippen molar-refractivity contribution in [2.75, 3.05) is 6.54 Å². The van der Waals surface area contributed by atoms with Crippen LogP contribution in [0, 0.1) is 5.92 Å². The van der Waals surface area contributed by atoms with Crippen molar-refractivity contribution in [3.8, 4) is 0 Å². The molecule has 0 aliphatic carbocycles. The number of rotatable bonds is 8. The van der Waals surface area contributed by atoms with E-state index in [0.29, 0.717) is 6.04 Å². The number of nitrogens with one attached hydrogen (secondary N) is 1. The molecule has 2 unspecified atom stereocenters. The van der Waals surface area contributed by atoms with E-state index >= 15 is 0 Å². The van der Waals surface area contributed by atoms with Crippen molar-refractivity contribution in [3.05, 3.63) is 30.1 Å². The SMILES string of the molecule is CCNC(CCc1cccnc1)CC(C)CC.